The Morgan fingerprint density at radius 1 is 1.53 bits per heavy atom. The lowest BCUT2D eigenvalue weighted by Crippen LogP contribution is -2.48. The zero-order chi connectivity index (χ0) is 12.8. The van der Waals surface area contributed by atoms with E-state index in [-0.39, 0.29) is 17.9 Å². The molecule has 0 spiro atoms. The third-order valence-electron chi connectivity index (χ3n) is 2.86. The highest BCUT2D eigenvalue weighted by Gasteiger charge is 2.35. The molecule has 0 aromatic rings. The topological polar surface area (TPSA) is 52.7 Å². The summed E-state index contributed by atoms with van der Waals surface area (Å²) in [4.78, 5) is 27.3. The summed E-state index contributed by atoms with van der Waals surface area (Å²) in [6.07, 6.45) is 0.463. The molecule has 0 bridgehead atoms. The second-order valence-electron chi connectivity index (χ2n) is 4.10. The number of hydrogen-bond acceptors (Lipinski definition) is 4. The molecule has 0 radical (unpaired) electrons. The summed E-state index contributed by atoms with van der Waals surface area (Å²) in [5, 5.41) is 3.01. The minimum Gasteiger partial charge on any atom is -0.343 e. The first kappa shape index (κ1) is 14.3. The first-order valence-corrected chi connectivity index (χ1v) is 7.04. The first-order chi connectivity index (χ1) is 8.11. The number of nitrogens with zero attached hydrogens (tertiary/aromatic N) is 2. The monoisotopic (exact) mass is 259 g/mol. The maximum atomic E-state index is 12.2. The van der Waals surface area contributed by atoms with Crippen LogP contribution in [0.2, 0.25) is 0 Å². The van der Waals surface area contributed by atoms with Crippen molar-refractivity contribution >= 4 is 23.6 Å². The Balaban J connectivity index is 2.58. The minimum atomic E-state index is -0.269. The zero-order valence-electron chi connectivity index (χ0n) is 10.7. The molecule has 1 unspecified atom stereocenters. The Bertz CT molecular complexity index is 286. The average Bonchev–Trinajstić information content (AvgIpc) is 2.82. The van der Waals surface area contributed by atoms with Gasteiger partial charge in [-0.25, -0.2) is 0 Å². The van der Waals surface area contributed by atoms with Crippen LogP contribution in [0, 0.1) is 0 Å². The Hall–Kier alpha value is -0.750. The van der Waals surface area contributed by atoms with Crippen LogP contribution >= 0.6 is 11.8 Å². The van der Waals surface area contributed by atoms with Gasteiger partial charge in [-0.15, -0.1) is 11.8 Å². The van der Waals surface area contributed by atoms with Crippen LogP contribution in [0.5, 0.6) is 0 Å². The molecule has 0 aromatic carbocycles. The van der Waals surface area contributed by atoms with Crippen molar-refractivity contribution in [2.24, 2.45) is 0 Å². The molecule has 1 N–H and O–H groups in total. The van der Waals surface area contributed by atoms with Crippen LogP contribution in [0.3, 0.4) is 0 Å². The van der Waals surface area contributed by atoms with Crippen molar-refractivity contribution in [3.05, 3.63) is 0 Å². The van der Waals surface area contributed by atoms with Gasteiger partial charge in [-0.1, -0.05) is 6.92 Å². The van der Waals surface area contributed by atoms with Gasteiger partial charge >= 0.3 is 0 Å². The lowest BCUT2D eigenvalue weighted by atomic mass is 10.2. The lowest BCUT2D eigenvalue weighted by Gasteiger charge is -2.27. The van der Waals surface area contributed by atoms with Crippen LogP contribution in [0.25, 0.3) is 0 Å². The molecular weight excluding hydrogens is 238 g/mol. The number of thioether (sulfide) groups is 1. The van der Waals surface area contributed by atoms with Gasteiger partial charge in [-0.2, -0.15) is 0 Å². The van der Waals surface area contributed by atoms with E-state index < -0.39 is 0 Å². The lowest BCUT2D eigenvalue weighted by molar-refractivity contribution is -0.142. The molecule has 1 atom stereocenters. The van der Waals surface area contributed by atoms with Crippen LogP contribution in [-0.2, 0) is 9.59 Å². The summed E-state index contributed by atoms with van der Waals surface area (Å²) in [7, 11) is 3.65. The van der Waals surface area contributed by atoms with E-state index in [0.29, 0.717) is 24.6 Å². The summed E-state index contributed by atoms with van der Waals surface area (Å²) < 4.78 is 0. The summed E-state index contributed by atoms with van der Waals surface area (Å²) in [6, 6.07) is -0.269. The van der Waals surface area contributed by atoms with Crippen molar-refractivity contribution in [3.63, 3.8) is 0 Å². The summed E-state index contributed by atoms with van der Waals surface area (Å²) in [5.41, 5.74) is 0. The molecule has 1 fully saturated rings. The molecule has 17 heavy (non-hydrogen) atoms. The Morgan fingerprint density at radius 2 is 2.24 bits per heavy atom. The van der Waals surface area contributed by atoms with Gasteiger partial charge in [0, 0.05) is 32.3 Å². The van der Waals surface area contributed by atoms with Crippen molar-refractivity contribution in [1.82, 2.24) is 15.1 Å². The highest BCUT2D eigenvalue weighted by molar-refractivity contribution is 7.99. The molecule has 98 valence electrons. The molecule has 1 aliphatic heterocycles. The fourth-order valence-corrected chi connectivity index (χ4v) is 2.91. The van der Waals surface area contributed by atoms with Gasteiger partial charge in [0.15, 0.2) is 0 Å². The molecule has 1 rings (SSSR count). The number of amides is 2. The van der Waals surface area contributed by atoms with Crippen LogP contribution in [0.1, 0.15) is 13.3 Å². The van der Waals surface area contributed by atoms with Crippen molar-refractivity contribution in [2.75, 3.05) is 38.8 Å². The average molecular weight is 259 g/mol. The predicted octanol–water partition coefficient (Wildman–Crippen LogP) is -0.0243. The first-order valence-electron chi connectivity index (χ1n) is 5.88. The summed E-state index contributed by atoms with van der Waals surface area (Å²) in [6.45, 7) is 3.27. The summed E-state index contributed by atoms with van der Waals surface area (Å²) >= 11 is 1.65. The maximum Gasteiger partial charge on any atom is 0.246 e. The maximum absolute atomic E-state index is 12.2. The number of carbonyl (C=O) groups is 2. The molecular formula is C11H21N3O2S. The van der Waals surface area contributed by atoms with E-state index in [1.54, 1.807) is 28.6 Å². The van der Waals surface area contributed by atoms with E-state index in [1.807, 2.05) is 14.0 Å². The highest BCUT2D eigenvalue weighted by Crippen LogP contribution is 2.22. The third kappa shape index (κ3) is 3.61. The van der Waals surface area contributed by atoms with E-state index in [0.717, 1.165) is 6.54 Å². The molecule has 6 heteroatoms. The van der Waals surface area contributed by atoms with Gasteiger partial charge in [0.2, 0.25) is 11.8 Å². The quantitative estimate of drug-likeness (QED) is 0.754. The van der Waals surface area contributed by atoms with Crippen molar-refractivity contribution in [2.45, 2.75) is 19.4 Å². The Morgan fingerprint density at radius 3 is 2.82 bits per heavy atom. The van der Waals surface area contributed by atoms with E-state index in [1.165, 1.54) is 0 Å². The van der Waals surface area contributed by atoms with Crippen LogP contribution in [-0.4, -0.2) is 66.5 Å². The molecule has 1 aliphatic rings. The van der Waals surface area contributed by atoms with Gasteiger partial charge in [0.1, 0.15) is 6.04 Å². The third-order valence-corrected chi connectivity index (χ3v) is 3.88. The van der Waals surface area contributed by atoms with Gasteiger partial charge in [0.05, 0.1) is 5.88 Å². The molecule has 0 saturated carbocycles. The number of rotatable bonds is 5. The molecule has 1 heterocycles. The number of nitrogens with one attached hydrogen (secondary N) is 1. The van der Waals surface area contributed by atoms with E-state index in [2.05, 4.69) is 5.32 Å². The SMILES string of the molecule is CCC(=O)N1CSCC1C(=O)N(C)CCNC. The predicted molar refractivity (Wildman–Crippen MR) is 69.8 cm³/mol. The second-order valence-corrected chi connectivity index (χ2v) is 5.10. The molecule has 1 saturated heterocycles. The fourth-order valence-electron chi connectivity index (χ4n) is 1.74. The van der Waals surface area contributed by atoms with Crippen molar-refractivity contribution < 1.29 is 9.59 Å². The smallest absolute Gasteiger partial charge is 0.246 e. The minimum absolute atomic E-state index is 0.0482. The van der Waals surface area contributed by atoms with Crippen LogP contribution < -0.4 is 5.32 Å². The number of hydrogen-bond donors (Lipinski definition) is 1. The van der Waals surface area contributed by atoms with Gasteiger partial charge in [-0.3, -0.25) is 9.59 Å². The van der Waals surface area contributed by atoms with Gasteiger partial charge in [-0.05, 0) is 7.05 Å². The normalized spacial score (nSPS) is 19.5. The van der Waals surface area contributed by atoms with Gasteiger partial charge in [0.25, 0.3) is 0 Å². The van der Waals surface area contributed by atoms with E-state index in [9.17, 15) is 9.59 Å². The van der Waals surface area contributed by atoms with E-state index in [4.69, 9.17) is 0 Å². The zero-order valence-corrected chi connectivity index (χ0v) is 11.5. The molecule has 0 aromatic heterocycles. The van der Waals surface area contributed by atoms with Crippen LogP contribution in [0.15, 0.2) is 0 Å². The van der Waals surface area contributed by atoms with Crippen LogP contribution in [0.4, 0.5) is 0 Å². The Labute approximate surface area is 107 Å². The van der Waals surface area contributed by atoms with Crippen molar-refractivity contribution in [1.29, 1.82) is 0 Å². The standard InChI is InChI=1S/C11H21N3O2S/c1-4-10(15)14-8-17-7-9(14)11(16)13(3)6-5-12-2/h9,12H,4-8H2,1-3H3. The molecule has 5 nitrogen and oxygen atoms in total. The second kappa shape index (κ2) is 6.86. The number of likely N-dealkylation sites (N-methyl/N-ethyl adjacent to an activating group) is 2. The molecule has 0 aliphatic carbocycles. The summed E-state index contributed by atoms with van der Waals surface area (Å²) in [5.74, 6) is 1.47. The fraction of sp³-hybridized carbons (Fsp3) is 0.818. The largest absolute Gasteiger partial charge is 0.343 e. The molecule has 2 amide bonds. The van der Waals surface area contributed by atoms with Crippen molar-refractivity contribution in [3.8, 4) is 0 Å². The highest BCUT2D eigenvalue weighted by atomic mass is 32.2. The van der Waals surface area contributed by atoms with E-state index >= 15 is 0 Å². The number of carbonyl (C=O) groups excluding carboxylic acids is 2. The van der Waals surface area contributed by atoms with Gasteiger partial charge < -0.3 is 15.1 Å². The Kier molecular flexibility index (Phi) is 5.77.